The van der Waals surface area contributed by atoms with Gasteiger partial charge < -0.3 is 10.6 Å². The molecule has 0 spiro atoms. The smallest absolute Gasteiger partial charge is 0.255 e. The van der Waals surface area contributed by atoms with E-state index >= 15 is 0 Å². The molecule has 0 aliphatic heterocycles. The van der Waals surface area contributed by atoms with Gasteiger partial charge >= 0.3 is 0 Å². The second kappa shape index (κ2) is 15.2. The number of hydrogen-bond acceptors (Lipinski definition) is 2. The van der Waals surface area contributed by atoms with E-state index in [-0.39, 0.29) is 11.8 Å². The Hall–Kier alpha value is -2.62. The number of amides is 2. The molecule has 0 fully saturated rings. The van der Waals surface area contributed by atoms with E-state index < -0.39 is 0 Å². The van der Waals surface area contributed by atoms with Gasteiger partial charge in [0, 0.05) is 23.4 Å². The Kier molecular flexibility index (Phi) is 12.2. The average Bonchev–Trinajstić information content (AvgIpc) is 2.77. The van der Waals surface area contributed by atoms with Crippen LogP contribution in [-0.4, -0.2) is 11.8 Å². The lowest BCUT2D eigenvalue weighted by Gasteiger charge is -2.09. The van der Waals surface area contributed by atoms with Crippen LogP contribution in [0.3, 0.4) is 0 Å². The van der Waals surface area contributed by atoms with Gasteiger partial charge in [-0.25, -0.2) is 0 Å². The molecular weight excluding hydrogens is 396 g/mol. The van der Waals surface area contributed by atoms with Crippen molar-refractivity contribution in [3.63, 3.8) is 0 Å². The summed E-state index contributed by atoms with van der Waals surface area (Å²) in [5.41, 5.74) is 3.04. The van der Waals surface area contributed by atoms with Crippen LogP contribution in [0.15, 0.2) is 48.5 Å². The summed E-state index contributed by atoms with van der Waals surface area (Å²) in [5.74, 6) is -0.172. The number of nitrogens with one attached hydrogen (secondary N) is 2. The Balaban J connectivity index is 1.62. The Morgan fingerprint density at radius 1 is 0.688 bits per heavy atom. The highest BCUT2D eigenvalue weighted by Crippen LogP contribution is 2.16. The molecule has 2 rings (SSSR count). The van der Waals surface area contributed by atoms with Crippen LogP contribution in [-0.2, 0) is 4.79 Å². The molecule has 2 aromatic carbocycles. The van der Waals surface area contributed by atoms with Gasteiger partial charge in [-0.05, 0) is 49.2 Å². The number of benzene rings is 2. The molecule has 0 heterocycles. The predicted octanol–water partition coefficient (Wildman–Crippen LogP) is 7.89. The number of aryl methyl sites for hydroxylation is 1. The lowest BCUT2D eigenvalue weighted by atomic mass is 10.1. The monoisotopic (exact) mass is 436 g/mol. The predicted molar refractivity (Wildman–Crippen MR) is 135 cm³/mol. The van der Waals surface area contributed by atoms with Crippen LogP contribution in [0.25, 0.3) is 0 Å². The van der Waals surface area contributed by atoms with E-state index in [2.05, 4.69) is 17.6 Å². The van der Waals surface area contributed by atoms with Crippen molar-refractivity contribution in [1.82, 2.24) is 0 Å². The van der Waals surface area contributed by atoms with Crippen LogP contribution in [0, 0.1) is 6.92 Å². The molecule has 0 aromatic heterocycles. The summed E-state index contributed by atoms with van der Waals surface area (Å²) in [7, 11) is 0. The van der Waals surface area contributed by atoms with Crippen molar-refractivity contribution in [2.75, 3.05) is 10.6 Å². The first-order valence-corrected chi connectivity index (χ1v) is 12.4. The molecule has 0 radical (unpaired) electrons. The number of anilines is 2. The summed E-state index contributed by atoms with van der Waals surface area (Å²) in [4.78, 5) is 24.8. The van der Waals surface area contributed by atoms with Gasteiger partial charge in [-0.2, -0.15) is 0 Å². The first-order chi connectivity index (χ1) is 15.6. The van der Waals surface area contributed by atoms with Crippen molar-refractivity contribution in [2.45, 2.75) is 90.9 Å². The van der Waals surface area contributed by atoms with Crippen molar-refractivity contribution in [3.8, 4) is 0 Å². The van der Waals surface area contributed by atoms with E-state index in [1.165, 1.54) is 57.8 Å². The first kappa shape index (κ1) is 25.6. The normalized spacial score (nSPS) is 10.7. The molecule has 0 atom stereocenters. The molecule has 0 saturated carbocycles. The quantitative estimate of drug-likeness (QED) is 0.279. The van der Waals surface area contributed by atoms with Crippen LogP contribution in [0.4, 0.5) is 11.4 Å². The lowest BCUT2D eigenvalue weighted by Crippen LogP contribution is -2.14. The topological polar surface area (TPSA) is 58.2 Å². The van der Waals surface area contributed by atoms with Crippen molar-refractivity contribution in [1.29, 1.82) is 0 Å². The SMILES string of the molecule is CCCCCCCCCCCCCC(=O)Nc1cccc(C(=O)Nc2cccc(C)c2)c1. The number of hydrogen-bond donors (Lipinski definition) is 2. The van der Waals surface area contributed by atoms with Crippen molar-refractivity contribution < 1.29 is 9.59 Å². The number of carbonyl (C=O) groups is 2. The highest BCUT2D eigenvalue weighted by atomic mass is 16.2. The molecule has 2 amide bonds. The van der Waals surface area contributed by atoms with E-state index in [9.17, 15) is 9.59 Å². The van der Waals surface area contributed by atoms with Crippen LogP contribution in [0.5, 0.6) is 0 Å². The number of unbranched alkanes of at least 4 members (excludes halogenated alkanes) is 10. The molecule has 2 N–H and O–H groups in total. The molecule has 32 heavy (non-hydrogen) atoms. The Bertz CT molecular complexity index is 832. The maximum atomic E-state index is 12.5. The van der Waals surface area contributed by atoms with Crippen LogP contribution in [0.1, 0.15) is 99.9 Å². The fourth-order valence-corrected chi connectivity index (χ4v) is 3.84. The standard InChI is InChI=1S/C28H40N2O2/c1-3-4-5-6-7-8-9-10-11-12-13-20-27(31)29-26-19-15-17-24(22-26)28(32)30-25-18-14-16-23(2)21-25/h14-19,21-22H,3-13,20H2,1-2H3,(H,29,31)(H,30,32). The first-order valence-electron chi connectivity index (χ1n) is 12.4. The van der Waals surface area contributed by atoms with Gasteiger partial charge in [0.15, 0.2) is 0 Å². The van der Waals surface area contributed by atoms with Gasteiger partial charge in [-0.15, -0.1) is 0 Å². The highest BCUT2D eigenvalue weighted by Gasteiger charge is 2.09. The maximum Gasteiger partial charge on any atom is 0.255 e. The summed E-state index contributed by atoms with van der Waals surface area (Å²) in [6, 6.07) is 14.8. The minimum Gasteiger partial charge on any atom is -0.326 e. The molecule has 0 bridgehead atoms. The van der Waals surface area contributed by atoms with Gasteiger partial charge in [0.1, 0.15) is 0 Å². The van der Waals surface area contributed by atoms with Crippen molar-refractivity contribution in [3.05, 3.63) is 59.7 Å². The van der Waals surface area contributed by atoms with E-state index in [0.29, 0.717) is 17.7 Å². The van der Waals surface area contributed by atoms with Crippen LogP contribution >= 0.6 is 0 Å². The molecular formula is C28H40N2O2. The summed E-state index contributed by atoms with van der Waals surface area (Å²) < 4.78 is 0. The number of rotatable bonds is 15. The van der Waals surface area contributed by atoms with Gasteiger partial charge in [-0.3, -0.25) is 9.59 Å². The van der Waals surface area contributed by atoms with E-state index in [1.807, 2.05) is 37.3 Å². The van der Waals surface area contributed by atoms with Gasteiger partial charge in [0.25, 0.3) is 5.91 Å². The van der Waals surface area contributed by atoms with Gasteiger partial charge in [0.05, 0.1) is 0 Å². The van der Waals surface area contributed by atoms with Crippen molar-refractivity contribution in [2.24, 2.45) is 0 Å². The fourth-order valence-electron chi connectivity index (χ4n) is 3.84. The summed E-state index contributed by atoms with van der Waals surface area (Å²) in [5, 5.41) is 5.83. The fraction of sp³-hybridized carbons (Fsp3) is 0.500. The molecule has 4 nitrogen and oxygen atoms in total. The largest absolute Gasteiger partial charge is 0.326 e. The van der Waals surface area contributed by atoms with Crippen LogP contribution < -0.4 is 10.6 Å². The molecule has 0 unspecified atom stereocenters. The minimum absolute atomic E-state index is 0.0113. The zero-order valence-electron chi connectivity index (χ0n) is 19.9. The minimum atomic E-state index is -0.183. The Labute approximate surface area is 194 Å². The lowest BCUT2D eigenvalue weighted by molar-refractivity contribution is -0.116. The summed E-state index contributed by atoms with van der Waals surface area (Å²) in [6.07, 6.45) is 14.5. The van der Waals surface area contributed by atoms with Gasteiger partial charge in [0.2, 0.25) is 5.91 Å². The van der Waals surface area contributed by atoms with E-state index in [1.54, 1.807) is 18.2 Å². The molecule has 2 aromatic rings. The summed E-state index contributed by atoms with van der Waals surface area (Å²) in [6.45, 7) is 4.24. The molecule has 0 saturated heterocycles. The number of carbonyl (C=O) groups excluding carboxylic acids is 2. The van der Waals surface area contributed by atoms with Crippen molar-refractivity contribution >= 4 is 23.2 Å². The third-order valence-electron chi connectivity index (χ3n) is 5.69. The zero-order valence-corrected chi connectivity index (χ0v) is 19.9. The second-order valence-electron chi connectivity index (χ2n) is 8.74. The third-order valence-corrected chi connectivity index (χ3v) is 5.69. The van der Waals surface area contributed by atoms with Crippen LogP contribution in [0.2, 0.25) is 0 Å². The molecule has 174 valence electrons. The molecule has 4 heteroatoms. The summed E-state index contributed by atoms with van der Waals surface area (Å²) >= 11 is 0. The maximum absolute atomic E-state index is 12.5. The van der Waals surface area contributed by atoms with E-state index in [0.717, 1.165) is 24.1 Å². The second-order valence-corrected chi connectivity index (χ2v) is 8.74. The van der Waals surface area contributed by atoms with Gasteiger partial charge in [-0.1, -0.05) is 89.3 Å². The zero-order chi connectivity index (χ0) is 23.0. The highest BCUT2D eigenvalue weighted by molar-refractivity contribution is 6.05. The third kappa shape index (κ3) is 10.6. The molecule has 0 aliphatic rings. The Morgan fingerprint density at radius 2 is 1.25 bits per heavy atom. The average molecular weight is 437 g/mol. The Morgan fingerprint density at radius 3 is 1.88 bits per heavy atom. The van der Waals surface area contributed by atoms with E-state index in [4.69, 9.17) is 0 Å². The molecule has 0 aliphatic carbocycles.